The molecule has 0 radical (unpaired) electrons. The van der Waals surface area contributed by atoms with Crippen LogP contribution in [0.4, 0.5) is 4.79 Å². The van der Waals surface area contributed by atoms with Crippen molar-refractivity contribution in [1.82, 2.24) is 4.90 Å². The molecule has 1 saturated carbocycles. The summed E-state index contributed by atoms with van der Waals surface area (Å²) in [4.78, 5) is 13.2. The zero-order chi connectivity index (χ0) is 17.6. The lowest BCUT2D eigenvalue weighted by Crippen LogP contribution is -2.38. The van der Waals surface area contributed by atoms with Gasteiger partial charge in [-0.1, -0.05) is 49.6 Å². The first-order chi connectivity index (χ1) is 11.5. The molecular formula is C17H26NO5P. The minimum absolute atomic E-state index is 0.281. The highest BCUT2D eigenvalue weighted by molar-refractivity contribution is 7.54. The molecule has 0 aliphatic heterocycles. The fourth-order valence-corrected chi connectivity index (χ4v) is 4.98. The Morgan fingerprint density at radius 3 is 2.29 bits per heavy atom. The Morgan fingerprint density at radius 1 is 1.21 bits per heavy atom. The predicted octanol–water partition coefficient (Wildman–Crippen LogP) is 4.73. The molecule has 1 unspecified atom stereocenters. The van der Waals surface area contributed by atoms with Crippen LogP contribution in [0, 0.1) is 5.92 Å². The summed E-state index contributed by atoms with van der Waals surface area (Å²) in [6, 6.07) is 8.92. The van der Waals surface area contributed by atoms with E-state index in [-0.39, 0.29) is 5.92 Å². The first-order valence-corrected chi connectivity index (χ1v) is 9.88. The average molecular weight is 355 g/mol. The number of carboxylic acid groups (broad SMARTS) is 1. The van der Waals surface area contributed by atoms with Crippen molar-refractivity contribution in [2.24, 2.45) is 5.92 Å². The van der Waals surface area contributed by atoms with Gasteiger partial charge in [-0.3, -0.25) is 9.46 Å². The number of rotatable bonds is 7. The van der Waals surface area contributed by atoms with Crippen molar-refractivity contribution < 1.29 is 23.5 Å². The Bertz CT molecular complexity index is 566. The smallest absolute Gasteiger partial charge is 0.408 e. The quantitative estimate of drug-likeness (QED) is 0.716. The summed E-state index contributed by atoms with van der Waals surface area (Å²) >= 11 is 0. The Kier molecular flexibility index (Phi) is 6.84. The Labute approximate surface area is 143 Å². The van der Waals surface area contributed by atoms with Crippen LogP contribution in [0.15, 0.2) is 30.3 Å². The molecule has 1 aliphatic rings. The van der Waals surface area contributed by atoms with Gasteiger partial charge >= 0.3 is 13.7 Å². The van der Waals surface area contributed by atoms with E-state index in [9.17, 15) is 14.5 Å². The monoisotopic (exact) mass is 355 g/mol. The van der Waals surface area contributed by atoms with Crippen molar-refractivity contribution in [2.75, 3.05) is 20.8 Å². The fraction of sp³-hybridized carbons (Fsp3) is 0.588. The summed E-state index contributed by atoms with van der Waals surface area (Å²) in [5, 5.41) is 9.78. The molecule has 0 bridgehead atoms. The van der Waals surface area contributed by atoms with Crippen molar-refractivity contribution in [2.45, 2.75) is 37.9 Å². The van der Waals surface area contributed by atoms with E-state index in [1.165, 1.54) is 25.5 Å². The Balaban J connectivity index is 2.37. The fourth-order valence-electron chi connectivity index (χ4n) is 3.36. The summed E-state index contributed by atoms with van der Waals surface area (Å²) in [6.45, 7) is 0.339. The van der Waals surface area contributed by atoms with Gasteiger partial charge < -0.3 is 14.2 Å². The number of hydrogen-bond donors (Lipinski definition) is 1. The largest absolute Gasteiger partial charge is 0.465 e. The van der Waals surface area contributed by atoms with Gasteiger partial charge in [-0.05, 0) is 24.3 Å². The molecule has 134 valence electrons. The maximum Gasteiger partial charge on any atom is 0.408 e. The van der Waals surface area contributed by atoms with E-state index < -0.39 is 19.5 Å². The number of carbonyl (C=O) groups is 1. The number of nitrogens with zero attached hydrogens (tertiary/aromatic N) is 1. The molecule has 1 N–H and O–H groups in total. The molecule has 6 nitrogen and oxygen atoms in total. The molecule has 24 heavy (non-hydrogen) atoms. The topological polar surface area (TPSA) is 76.1 Å². The highest BCUT2D eigenvalue weighted by Gasteiger charge is 2.43. The van der Waals surface area contributed by atoms with Crippen molar-refractivity contribution in [3.05, 3.63) is 35.9 Å². The average Bonchev–Trinajstić information content (AvgIpc) is 2.62. The van der Waals surface area contributed by atoms with Crippen LogP contribution in [-0.4, -0.2) is 36.9 Å². The first-order valence-electron chi connectivity index (χ1n) is 8.27. The Hall–Kier alpha value is -1.36. The molecule has 1 aromatic rings. The van der Waals surface area contributed by atoms with Gasteiger partial charge in [0.15, 0.2) is 5.78 Å². The van der Waals surface area contributed by atoms with E-state index in [2.05, 4.69) is 0 Å². The number of benzene rings is 1. The van der Waals surface area contributed by atoms with Crippen LogP contribution in [0.3, 0.4) is 0 Å². The summed E-state index contributed by atoms with van der Waals surface area (Å²) < 4.78 is 23.4. The molecule has 2 rings (SSSR count). The predicted molar refractivity (Wildman–Crippen MR) is 92.1 cm³/mol. The SMILES string of the molecule is COP(=O)(OC)C(c1ccccc1)N(CC1CCCCC1)C(=O)O. The van der Waals surface area contributed by atoms with Gasteiger partial charge in [0.2, 0.25) is 0 Å². The van der Waals surface area contributed by atoms with Crippen molar-refractivity contribution in [3.8, 4) is 0 Å². The molecule has 0 heterocycles. The number of hydrogen-bond acceptors (Lipinski definition) is 4. The van der Waals surface area contributed by atoms with Gasteiger partial charge in [0, 0.05) is 20.8 Å². The summed E-state index contributed by atoms with van der Waals surface area (Å²) in [5.41, 5.74) is 0.614. The Morgan fingerprint density at radius 2 is 1.79 bits per heavy atom. The van der Waals surface area contributed by atoms with E-state index in [0.29, 0.717) is 12.1 Å². The van der Waals surface area contributed by atoms with E-state index in [4.69, 9.17) is 9.05 Å². The lowest BCUT2D eigenvalue weighted by atomic mass is 9.89. The van der Waals surface area contributed by atoms with E-state index in [0.717, 1.165) is 25.7 Å². The van der Waals surface area contributed by atoms with Crippen LogP contribution in [0.1, 0.15) is 43.5 Å². The minimum Gasteiger partial charge on any atom is -0.465 e. The van der Waals surface area contributed by atoms with Crippen molar-refractivity contribution in [3.63, 3.8) is 0 Å². The van der Waals surface area contributed by atoms with Crippen LogP contribution in [0.5, 0.6) is 0 Å². The lowest BCUT2D eigenvalue weighted by Gasteiger charge is -2.36. The second-order valence-electron chi connectivity index (χ2n) is 6.13. The van der Waals surface area contributed by atoms with Crippen molar-refractivity contribution >= 4 is 13.7 Å². The highest BCUT2D eigenvalue weighted by Crippen LogP contribution is 2.61. The molecule has 1 atom stereocenters. The van der Waals surface area contributed by atoms with Gasteiger partial charge in [0.25, 0.3) is 0 Å². The molecule has 1 fully saturated rings. The van der Waals surface area contributed by atoms with Crippen LogP contribution in [0.2, 0.25) is 0 Å². The molecule has 7 heteroatoms. The van der Waals surface area contributed by atoms with Gasteiger partial charge in [0.05, 0.1) is 0 Å². The third kappa shape index (κ3) is 4.38. The molecule has 0 saturated heterocycles. The zero-order valence-corrected chi connectivity index (χ0v) is 15.2. The van der Waals surface area contributed by atoms with Crippen LogP contribution in [0.25, 0.3) is 0 Å². The maximum atomic E-state index is 13.1. The molecule has 0 aromatic heterocycles. The van der Waals surface area contributed by atoms with E-state index in [1.807, 2.05) is 6.07 Å². The second-order valence-corrected chi connectivity index (χ2v) is 8.43. The zero-order valence-electron chi connectivity index (χ0n) is 14.3. The van der Waals surface area contributed by atoms with Gasteiger partial charge in [-0.25, -0.2) is 4.79 Å². The van der Waals surface area contributed by atoms with Crippen molar-refractivity contribution in [1.29, 1.82) is 0 Å². The maximum absolute atomic E-state index is 13.1. The summed E-state index contributed by atoms with van der Waals surface area (Å²) in [6.07, 6.45) is 4.30. The molecular weight excluding hydrogens is 329 g/mol. The second kappa shape index (κ2) is 8.65. The number of amides is 1. The highest BCUT2D eigenvalue weighted by atomic mass is 31.2. The normalized spacial score (nSPS) is 17.4. The third-order valence-electron chi connectivity index (χ3n) is 4.63. The lowest BCUT2D eigenvalue weighted by molar-refractivity contribution is 0.113. The molecule has 1 aliphatic carbocycles. The van der Waals surface area contributed by atoms with Gasteiger partial charge in [-0.15, -0.1) is 0 Å². The summed E-state index contributed by atoms with van der Waals surface area (Å²) in [7, 11) is -1.06. The standard InChI is InChI=1S/C17H26NO5P/c1-22-24(21,23-2)16(15-11-7-4-8-12-15)18(17(19)20)13-14-9-5-3-6-10-14/h4,7-8,11-12,14,16H,3,5-6,9-10,13H2,1-2H3,(H,19,20). The minimum atomic E-state index is -3.65. The van der Waals surface area contributed by atoms with E-state index in [1.54, 1.807) is 24.3 Å². The van der Waals surface area contributed by atoms with Gasteiger partial charge in [-0.2, -0.15) is 0 Å². The van der Waals surface area contributed by atoms with Crippen LogP contribution >= 0.6 is 7.60 Å². The van der Waals surface area contributed by atoms with Crippen LogP contribution in [-0.2, 0) is 13.6 Å². The van der Waals surface area contributed by atoms with Gasteiger partial charge in [0.1, 0.15) is 0 Å². The van der Waals surface area contributed by atoms with Crippen LogP contribution < -0.4 is 0 Å². The first kappa shape index (κ1) is 19.0. The third-order valence-corrected chi connectivity index (χ3v) is 6.82. The molecule has 1 aromatic carbocycles. The summed E-state index contributed by atoms with van der Waals surface area (Å²) in [5.74, 6) is -0.684. The molecule has 0 spiro atoms. The molecule has 1 amide bonds. The van der Waals surface area contributed by atoms with E-state index >= 15 is 0 Å².